The van der Waals surface area contributed by atoms with Crippen LogP contribution in [0.5, 0.6) is 0 Å². The van der Waals surface area contributed by atoms with E-state index in [4.69, 9.17) is 0 Å². The Labute approximate surface area is 101 Å². The van der Waals surface area contributed by atoms with Gasteiger partial charge in [0.2, 0.25) is 0 Å². The molecule has 1 N–H and O–H groups in total. The van der Waals surface area contributed by atoms with E-state index in [1.54, 1.807) is 17.1 Å². The smallest absolute Gasteiger partial charge is 0.109 e. The number of aliphatic hydroxyl groups excluding tert-OH is 1. The number of hydrogen-bond acceptors (Lipinski definition) is 3. The molecule has 0 aliphatic rings. The lowest BCUT2D eigenvalue weighted by atomic mass is 9.98. The summed E-state index contributed by atoms with van der Waals surface area (Å²) in [5, 5.41) is 14.8. The molecule has 0 aliphatic heterocycles. The summed E-state index contributed by atoms with van der Waals surface area (Å²) < 4.78 is 1.79. The molecule has 17 heavy (non-hydrogen) atoms. The zero-order chi connectivity index (χ0) is 12.6. The highest BCUT2D eigenvalue weighted by Crippen LogP contribution is 2.28. The Balaban J connectivity index is 2.51. The topological polar surface area (TPSA) is 50.9 Å². The molecule has 0 fully saturated rings. The van der Waals surface area contributed by atoms with Gasteiger partial charge in [0.05, 0.1) is 5.69 Å². The van der Waals surface area contributed by atoms with Crippen LogP contribution in [0.2, 0.25) is 0 Å². The van der Waals surface area contributed by atoms with Gasteiger partial charge in [0.1, 0.15) is 6.10 Å². The molecule has 0 aromatic carbocycles. The van der Waals surface area contributed by atoms with Gasteiger partial charge >= 0.3 is 0 Å². The third-order valence-corrected chi connectivity index (χ3v) is 3.21. The van der Waals surface area contributed by atoms with E-state index in [-0.39, 0.29) is 0 Å². The number of aryl methyl sites for hydroxylation is 3. The molecular formula is C13H17N3O. The number of aromatic nitrogens is 3. The molecule has 0 saturated carbocycles. The predicted molar refractivity (Wildman–Crippen MR) is 65.7 cm³/mol. The minimum atomic E-state index is -0.655. The molecule has 0 amide bonds. The van der Waals surface area contributed by atoms with Gasteiger partial charge in [-0.15, -0.1) is 0 Å². The Morgan fingerprint density at radius 3 is 2.53 bits per heavy atom. The largest absolute Gasteiger partial charge is 0.383 e. The summed E-state index contributed by atoms with van der Waals surface area (Å²) in [6.45, 7) is 5.85. The van der Waals surface area contributed by atoms with E-state index in [0.29, 0.717) is 0 Å². The van der Waals surface area contributed by atoms with Crippen LogP contribution in [0.3, 0.4) is 0 Å². The zero-order valence-corrected chi connectivity index (χ0v) is 10.6. The SMILES string of the molecule is Cc1ccncc1C(O)c1c(C)nn(C)c1C. The zero-order valence-electron chi connectivity index (χ0n) is 10.6. The molecule has 2 heterocycles. The predicted octanol–water partition coefficient (Wildman–Crippen LogP) is 1.82. The van der Waals surface area contributed by atoms with Crippen molar-refractivity contribution in [3.8, 4) is 0 Å². The summed E-state index contributed by atoms with van der Waals surface area (Å²) in [6, 6.07) is 1.90. The van der Waals surface area contributed by atoms with Crippen LogP contribution >= 0.6 is 0 Å². The van der Waals surface area contributed by atoms with Crippen molar-refractivity contribution >= 4 is 0 Å². The summed E-state index contributed by atoms with van der Waals surface area (Å²) >= 11 is 0. The molecule has 4 heteroatoms. The van der Waals surface area contributed by atoms with Crippen molar-refractivity contribution in [2.24, 2.45) is 7.05 Å². The van der Waals surface area contributed by atoms with Crippen molar-refractivity contribution in [2.45, 2.75) is 26.9 Å². The first kappa shape index (κ1) is 11.8. The van der Waals surface area contributed by atoms with E-state index in [1.807, 2.05) is 33.9 Å². The molecule has 0 saturated heterocycles. The van der Waals surface area contributed by atoms with E-state index in [9.17, 15) is 5.11 Å². The first-order valence-electron chi connectivity index (χ1n) is 5.61. The number of rotatable bonds is 2. The van der Waals surface area contributed by atoms with Crippen molar-refractivity contribution in [3.63, 3.8) is 0 Å². The molecule has 0 spiro atoms. The van der Waals surface area contributed by atoms with Crippen LogP contribution in [-0.4, -0.2) is 19.9 Å². The molecule has 0 aliphatic carbocycles. The van der Waals surface area contributed by atoms with Crippen LogP contribution in [0.1, 0.15) is 34.2 Å². The second kappa shape index (κ2) is 4.30. The average Bonchev–Trinajstić information content (AvgIpc) is 2.53. The minimum absolute atomic E-state index is 0.655. The summed E-state index contributed by atoms with van der Waals surface area (Å²) in [5.41, 5.74) is 4.60. The van der Waals surface area contributed by atoms with Crippen LogP contribution in [0.4, 0.5) is 0 Å². The van der Waals surface area contributed by atoms with Gasteiger partial charge in [-0.3, -0.25) is 9.67 Å². The summed E-state index contributed by atoms with van der Waals surface area (Å²) in [4.78, 5) is 4.07. The van der Waals surface area contributed by atoms with Crippen molar-refractivity contribution in [2.75, 3.05) is 0 Å². The fraction of sp³-hybridized carbons (Fsp3) is 0.385. The molecule has 90 valence electrons. The third kappa shape index (κ3) is 1.96. The summed E-state index contributed by atoms with van der Waals surface area (Å²) in [5.74, 6) is 0. The van der Waals surface area contributed by atoms with Gasteiger partial charge in [-0.2, -0.15) is 5.10 Å². The Bertz CT molecular complexity index is 546. The second-order valence-electron chi connectivity index (χ2n) is 4.34. The number of nitrogens with zero attached hydrogens (tertiary/aromatic N) is 3. The van der Waals surface area contributed by atoms with Crippen molar-refractivity contribution in [1.29, 1.82) is 0 Å². The maximum Gasteiger partial charge on any atom is 0.109 e. The van der Waals surface area contributed by atoms with Crippen molar-refractivity contribution in [3.05, 3.63) is 46.5 Å². The van der Waals surface area contributed by atoms with Gasteiger partial charge < -0.3 is 5.11 Å². The van der Waals surface area contributed by atoms with Crippen LogP contribution in [0.25, 0.3) is 0 Å². The second-order valence-corrected chi connectivity index (χ2v) is 4.34. The number of pyridine rings is 1. The van der Waals surface area contributed by atoms with Crippen LogP contribution in [-0.2, 0) is 7.05 Å². The fourth-order valence-corrected chi connectivity index (χ4v) is 2.10. The molecule has 4 nitrogen and oxygen atoms in total. The van der Waals surface area contributed by atoms with Gasteiger partial charge in [-0.1, -0.05) is 0 Å². The van der Waals surface area contributed by atoms with Gasteiger partial charge in [-0.05, 0) is 32.4 Å². The highest BCUT2D eigenvalue weighted by molar-refractivity contribution is 5.37. The highest BCUT2D eigenvalue weighted by Gasteiger charge is 2.20. The normalized spacial score (nSPS) is 12.8. The Morgan fingerprint density at radius 1 is 1.29 bits per heavy atom. The van der Waals surface area contributed by atoms with E-state index in [0.717, 1.165) is 28.1 Å². The first-order chi connectivity index (χ1) is 8.02. The molecular weight excluding hydrogens is 214 g/mol. The maximum atomic E-state index is 10.5. The minimum Gasteiger partial charge on any atom is -0.383 e. The summed E-state index contributed by atoms with van der Waals surface area (Å²) in [7, 11) is 1.88. The Kier molecular flexibility index (Phi) is 2.98. The molecule has 2 aromatic rings. The molecule has 2 rings (SSSR count). The van der Waals surface area contributed by atoms with Crippen LogP contribution in [0, 0.1) is 20.8 Å². The van der Waals surface area contributed by atoms with E-state index in [2.05, 4.69) is 10.1 Å². The molecule has 2 aromatic heterocycles. The lowest BCUT2D eigenvalue weighted by Crippen LogP contribution is -2.05. The van der Waals surface area contributed by atoms with Crippen molar-refractivity contribution < 1.29 is 5.11 Å². The highest BCUT2D eigenvalue weighted by atomic mass is 16.3. The average molecular weight is 231 g/mol. The third-order valence-electron chi connectivity index (χ3n) is 3.21. The Morgan fingerprint density at radius 2 is 2.00 bits per heavy atom. The molecule has 1 unspecified atom stereocenters. The number of aliphatic hydroxyl groups is 1. The Hall–Kier alpha value is -1.68. The van der Waals surface area contributed by atoms with Crippen LogP contribution < -0.4 is 0 Å². The standard InChI is InChI=1S/C13H17N3O/c1-8-5-6-14-7-11(8)13(17)12-9(2)15-16(4)10(12)3/h5-7,13,17H,1-4H3. The van der Waals surface area contributed by atoms with Gasteiger partial charge in [0.25, 0.3) is 0 Å². The molecule has 1 atom stereocenters. The van der Waals surface area contributed by atoms with E-state index < -0.39 is 6.10 Å². The van der Waals surface area contributed by atoms with E-state index in [1.165, 1.54) is 0 Å². The monoisotopic (exact) mass is 231 g/mol. The van der Waals surface area contributed by atoms with Crippen LogP contribution in [0.15, 0.2) is 18.5 Å². The first-order valence-corrected chi connectivity index (χ1v) is 5.61. The van der Waals surface area contributed by atoms with Gasteiger partial charge in [0, 0.05) is 36.3 Å². The lowest BCUT2D eigenvalue weighted by Gasteiger charge is -2.13. The fourth-order valence-electron chi connectivity index (χ4n) is 2.10. The van der Waals surface area contributed by atoms with Gasteiger partial charge in [0.15, 0.2) is 0 Å². The molecule has 0 bridgehead atoms. The molecule has 0 radical (unpaired) electrons. The van der Waals surface area contributed by atoms with Crippen molar-refractivity contribution in [1.82, 2.24) is 14.8 Å². The quantitative estimate of drug-likeness (QED) is 0.857. The maximum absolute atomic E-state index is 10.5. The van der Waals surface area contributed by atoms with E-state index >= 15 is 0 Å². The number of hydrogen-bond donors (Lipinski definition) is 1. The summed E-state index contributed by atoms with van der Waals surface area (Å²) in [6.07, 6.45) is 2.79. The van der Waals surface area contributed by atoms with Gasteiger partial charge in [-0.25, -0.2) is 0 Å². The lowest BCUT2D eigenvalue weighted by molar-refractivity contribution is 0.217.